The van der Waals surface area contributed by atoms with Crippen LogP contribution in [-0.2, 0) is 0 Å². The van der Waals surface area contributed by atoms with Gasteiger partial charge in [0.25, 0.3) is 0 Å². The molecular weight excluding hydrogens is 152 g/mol. The first-order chi connectivity index (χ1) is 5.77. The summed E-state index contributed by atoms with van der Waals surface area (Å²) in [7, 11) is 0. The quantitative estimate of drug-likeness (QED) is 0.633. The van der Waals surface area contributed by atoms with E-state index in [1.807, 2.05) is 18.3 Å². The highest BCUT2D eigenvalue weighted by Gasteiger charge is 2.01. The molecule has 4 nitrogen and oxygen atoms in total. The Morgan fingerprint density at radius 1 is 1.42 bits per heavy atom. The van der Waals surface area contributed by atoms with Gasteiger partial charge < -0.3 is 0 Å². The Labute approximate surface area is 70.2 Å². The standard InChI is InChI=1S/C8H10N4/c1-6(2)7-3-4-12-8(5-7)9-10-11-12/h3-6H,1-2H3. The van der Waals surface area contributed by atoms with Crippen molar-refractivity contribution in [1.29, 1.82) is 0 Å². The summed E-state index contributed by atoms with van der Waals surface area (Å²) in [6, 6.07) is 4.04. The molecule has 0 radical (unpaired) electrons. The van der Waals surface area contributed by atoms with Crippen LogP contribution in [0.1, 0.15) is 25.3 Å². The first-order valence-electron chi connectivity index (χ1n) is 3.95. The maximum absolute atomic E-state index is 3.86. The van der Waals surface area contributed by atoms with Crippen molar-refractivity contribution in [2.45, 2.75) is 19.8 Å². The van der Waals surface area contributed by atoms with Crippen LogP contribution in [0, 0.1) is 0 Å². The molecule has 0 unspecified atom stereocenters. The van der Waals surface area contributed by atoms with Gasteiger partial charge in [0.1, 0.15) is 0 Å². The minimum atomic E-state index is 0.520. The molecule has 4 heteroatoms. The van der Waals surface area contributed by atoms with E-state index in [0.717, 1.165) is 5.65 Å². The summed E-state index contributed by atoms with van der Waals surface area (Å²) in [6.07, 6.45) is 1.88. The maximum Gasteiger partial charge on any atom is 0.179 e. The molecule has 2 aromatic rings. The van der Waals surface area contributed by atoms with Crippen LogP contribution >= 0.6 is 0 Å². The highest BCUT2D eigenvalue weighted by molar-refractivity contribution is 5.39. The molecule has 0 saturated heterocycles. The fourth-order valence-electron chi connectivity index (χ4n) is 1.11. The number of pyridine rings is 1. The summed E-state index contributed by atoms with van der Waals surface area (Å²) in [5.41, 5.74) is 2.07. The number of hydrogen-bond donors (Lipinski definition) is 0. The van der Waals surface area contributed by atoms with E-state index >= 15 is 0 Å². The van der Waals surface area contributed by atoms with E-state index in [1.54, 1.807) is 4.52 Å². The summed E-state index contributed by atoms with van der Waals surface area (Å²) in [4.78, 5) is 0. The maximum atomic E-state index is 3.86. The third-order valence-electron chi connectivity index (χ3n) is 1.89. The predicted molar refractivity (Wildman–Crippen MR) is 44.9 cm³/mol. The first kappa shape index (κ1) is 7.21. The van der Waals surface area contributed by atoms with Crippen molar-refractivity contribution < 1.29 is 0 Å². The summed E-state index contributed by atoms with van der Waals surface area (Å²) < 4.78 is 1.66. The minimum absolute atomic E-state index is 0.520. The number of rotatable bonds is 1. The van der Waals surface area contributed by atoms with Crippen molar-refractivity contribution in [3.8, 4) is 0 Å². The predicted octanol–water partition coefficient (Wildman–Crippen LogP) is 1.25. The second-order valence-electron chi connectivity index (χ2n) is 3.10. The highest BCUT2D eigenvalue weighted by atomic mass is 15.5. The molecule has 2 heterocycles. The molecule has 0 aliphatic rings. The molecule has 0 bridgehead atoms. The van der Waals surface area contributed by atoms with Crippen LogP contribution in [0.25, 0.3) is 5.65 Å². The van der Waals surface area contributed by atoms with Crippen molar-refractivity contribution in [3.63, 3.8) is 0 Å². The van der Waals surface area contributed by atoms with Crippen LogP contribution in [0.3, 0.4) is 0 Å². The van der Waals surface area contributed by atoms with Crippen molar-refractivity contribution in [1.82, 2.24) is 20.0 Å². The van der Waals surface area contributed by atoms with E-state index in [-0.39, 0.29) is 0 Å². The van der Waals surface area contributed by atoms with Crippen LogP contribution in [0.2, 0.25) is 0 Å². The van der Waals surface area contributed by atoms with Gasteiger partial charge in [-0.2, -0.15) is 0 Å². The van der Waals surface area contributed by atoms with Gasteiger partial charge in [0.15, 0.2) is 5.65 Å². The van der Waals surface area contributed by atoms with Crippen molar-refractivity contribution >= 4 is 5.65 Å². The lowest BCUT2D eigenvalue weighted by molar-refractivity contribution is 0.815. The Kier molecular flexibility index (Phi) is 1.53. The second kappa shape index (κ2) is 2.55. The number of tetrazole rings is 1. The van der Waals surface area contributed by atoms with Crippen molar-refractivity contribution in [2.24, 2.45) is 0 Å². The molecular formula is C8H10N4. The minimum Gasteiger partial charge on any atom is -0.201 e. The lowest BCUT2D eigenvalue weighted by atomic mass is 10.1. The van der Waals surface area contributed by atoms with Gasteiger partial charge >= 0.3 is 0 Å². The molecule has 0 spiro atoms. The Morgan fingerprint density at radius 2 is 2.25 bits per heavy atom. The Bertz CT molecular complexity index is 391. The summed E-state index contributed by atoms with van der Waals surface area (Å²) >= 11 is 0. The van der Waals surface area contributed by atoms with Crippen molar-refractivity contribution in [3.05, 3.63) is 23.9 Å². The van der Waals surface area contributed by atoms with Gasteiger partial charge in [0.05, 0.1) is 0 Å². The molecule has 0 N–H and O–H groups in total. The molecule has 62 valence electrons. The molecule has 2 aromatic heterocycles. The molecule has 0 aliphatic carbocycles. The van der Waals surface area contributed by atoms with Crippen LogP contribution in [0.15, 0.2) is 18.3 Å². The molecule has 0 atom stereocenters. The van der Waals surface area contributed by atoms with E-state index in [9.17, 15) is 0 Å². The Hall–Kier alpha value is -1.45. The van der Waals surface area contributed by atoms with E-state index < -0.39 is 0 Å². The third-order valence-corrected chi connectivity index (χ3v) is 1.89. The third kappa shape index (κ3) is 1.05. The molecule has 0 aromatic carbocycles. The monoisotopic (exact) mass is 162 g/mol. The van der Waals surface area contributed by atoms with Crippen LogP contribution in [-0.4, -0.2) is 20.0 Å². The number of aromatic nitrogens is 4. The van der Waals surface area contributed by atoms with Crippen LogP contribution in [0.5, 0.6) is 0 Å². The lowest BCUT2D eigenvalue weighted by Gasteiger charge is -2.02. The molecule has 0 amide bonds. The largest absolute Gasteiger partial charge is 0.201 e. The lowest BCUT2D eigenvalue weighted by Crippen LogP contribution is -1.91. The van der Waals surface area contributed by atoms with Gasteiger partial charge in [0, 0.05) is 6.20 Å². The first-order valence-corrected chi connectivity index (χ1v) is 3.95. The van der Waals surface area contributed by atoms with Gasteiger partial charge in [-0.25, -0.2) is 4.52 Å². The molecule has 0 fully saturated rings. The van der Waals surface area contributed by atoms with Crippen LogP contribution < -0.4 is 0 Å². The molecule has 2 rings (SSSR count). The number of nitrogens with zero attached hydrogens (tertiary/aromatic N) is 4. The van der Waals surface area contributed by atoms with Gasteiger partial charge in [-0.1, -0.05) is 13.8 Å². The van der Waals surface area contributed by atoms with E-state index in [0.29, 0.717) is 5.92 Å². The van der Waals surface area contributed by atoms with Gasteiger partial charge in [0.2, 0.25) is 0 Å². The molecule has 12 heavy (non-hydrogen) atoms. The fourth-order valence-corrected chi connectivity index (χ4v) is 1.11. The van der Waals surface area contributed by atoms with Gasteiger partial charge in [-0.15, -0.1) is 5.10 Å². The molecule has 0 saturated carbocycles. The molecule has 0 aliphatic heterocycles. The van der Waals surface area contributed by atoms with Crippen LogP contribution in [0.4, 0.5) is 0 Å². The van der Waals surface area contributed by atoms with E-state index in [2.05, 4.69) is 29.4 Å². The SMILES string of the molecule is CC(C)c1ccn2nnnc2c1. The number of fused-ring (bicyclic) bond motifs is 1. The Balaban J connectivity index is 2.60. The fraction of sp³-hybridized carbons (Fsp3) is 0.375. The smallest absolute Gasteiger partial charge is 0.179 e. The summed E-state index contributed by atoms with van der Waals surface area (Å²) in [5.74, 6) is 0.520. The Morgan fingerprint density at radius 3 is 3.00 bits per heavy atom. The zero-order chi connectivity index (χ0) is 8.55. The summed E-state index contributed by atoms with van der Waals surface area (Å²) in [5, 5.41) is 11.2. The topological polar surface area (TPSA) is 43.1 Å². The highest BCUT2D eigenvalue weighted by Crippen LogP contribution is 2.14. The zero-order valence-corrected chi connectivity index (χ0v) is 7.10. The van der Waals surface area contributed by atoms with Crippen molar-refractivity contribution in [2.75, 3.05) is 0 Å². The van der Waals surface area contributed by atoms with E-state index in [4.69, 9.17) is 0 Å². The zero-order valence-electron chi connectivity index (χ0n) is 7.10. The second-order valence-corrected chi connectivity index (χ2v) is 3.10. The van der Waals surface area contributed by atoms with Gasteiger partial charge in [-0.3, -0.25) is 0 Å². The van der Waals surface area contributed by atoms with E-state index in [1.165, 1.54) is 5.56 Å². The average molecular weight is 162 g/mol. The van der Waals surface area contributed by atoms with Gasteiger partial charge in [-0.05, 0) is 34.0 Å². The number of hydrogen-bond acceptors (Lipinski definition) is 3. The average Bonchev–Trinajstić information content (AvgIpc) is 2.49. The summed E-state index contributed by atoms with van der Waals surface area (Å²) in [6.45, 7) is 4.30. The normalized spacial score (nSPS) is 11.2.